The van der Waals surface area contributed by atoms with Crippen molar-refractivity contribution in [1.82, 2.24) is 14.7 Å². The summed E-state index contributed by atoms with van der Waals surface area (Å²) in [6.07, 6.45) is 20.9. The molecule has 6 aromatic carbocycles. The van der Waals surface area contributed by atoms with Crippen LogP contribution in [-0.4, -0.2) is 122 Å². The number of para-hydroxylation sites is 2. The standard InChI is InChI=1S/3C22H27NO2/c1-24-19-18-23(16-8-12-20-10-4-3-5-11-20)17-9-14-21-13-6-7-15-22(21)25-2;1-3-17-25-22-14-8-7-13-21(22)19-23(16-18-24-2)15-9-12-20-10-5-4-6-11-20;1-3-17-25-22-13-11-21(12-14-22)19-23(16-18-24-2)15-7-10-20-8-5-4-6-9-20/h3-15H,16-19H2,1-2H3;2*3-14H,1,15-19H2,2H3/b12-8+,14-9+;12-9+;10-7+. The maximum atomic E-state index is 5.77. The third-order valence-electron chi connectivity index (χ3n) is 11.5. The predicted molar refractivity (Wildman–Crippen MR) is 315 cm³/mol. The van der Waals surface area contributed by atoms with Crippen molar-refractivity contribution in [1.29, 1.82) is 0 Å². The van der Waals surface area contributed by atoms with E-state index in [0.29, 0.717) is 19.8 Å². The molecule has 0 aliphatic rings. The van der Waals surface area contributed by atoms with E-state index in [-0.39, 0.29) is 0 Å². The van der Waals surface area contributed by atoms with E-state index in [1.54, 1.807) is 40.6 Å². The Morgan fingerprint density at radius 3 is 1.31 bits per heavy atom. The second-order valence-electron chi connectivity index (χ2n) is 17.2. The predicted octanol–water partition coefficient (Wildman–Crippen LogP) is 13.2. The summed E-state index contributed by atoms with van der Waals surface area (Å²) in [5.41, 5.74) is 7.18. The van der Waals surface area contributed by atoms with E-state index in [1.807, 2.05) is 66.7 Å². The minimum Gasteiger partial charge on any atom is -0.496 e. The van der Waals surface area contributed by atoms with E-state index in [4.69, 9.17) is 28.4 Å². The van der Waals surface area contributed by atoms with Gasteiger partial charge in [0.25, 0.3) is 0 Å². The highest BCUT2D eigenvalue weighted by Gasteiger charge is 2.10. The Morgan fingerprint density at radius 1 is 0.400 bits per heavy atom. The van der Waals surface area contributed by atoms with Crippen molar-refractivity contribution in [3.05, 3.63) is 247 Å². The van der Waals surface area contributed by atoms with Gasteiger partial charge in [-0.15, -0.1) is 0 Å². The molecule has 75 heavy (non-hydrogen) atoms. The summed E-state index contributed by atoms with van der Waals surface area (Å²) >= 11 is 0. The number of ether oxygens (including phenoxy) is 6. The van der Waals surface area contributed by atoms with Crippen molar-refractivity contribution in [2.24, 2.45) is 0 Å². The summed E-state index contributed by atoms with van der Waals surface area (Å²) in [6.45, 7) is 18.4. The molecule has 9 heteroatoms. The van der Waals surface area contributed by atoms with Gasteiger partial charge in [-0.3, -0.25) is 14.7 Å². The number of hydrogen-bond acceptors (Lipinski definition) is 9. The topological polar surface area (TPSA) is 65.1 Å². The van der Waals surface area contributed by atoms with Crippen LogP contribution in [-0.2, 0) is 27.3 Å². The molecule has 6 aromatic rings. The van der Waals surface area contributed by atoms with Gasteiger partial charge in [0.15, 0.2) is 0 Å². The van der Waals surface area contributed by atoms with Crippen LogP contribution >= 0.6 is 0 Å². The van der Waals surface area contributed by atoms with Crippen LogP contribution < -0.4 is 14.2 Å². The van der Waals surface area contributed by atoms with E-state index in [2.05, 4.69) is 174 Å². The van der Waals surface area contributed by atoms with Crippen molar-refractivity contribution in [2.75, 3.05) is 107 Å². The Balaban J connectivity index is 0.000000243. The van der Waals surface area contributed by atoms with Gasteiger partial charge >= 0.3 is 0 Å². The number of benzene rings is 6. The normalized spacial score (nSPS) is 11.3. The summed E-state index contributed by atoms with van der Waals surface area (Å²) in [5, 5.41) is 0. The van der Waals surface area contributed by atoms with Crippen LogP contribution in [0.15, 0.2) is 213 Å². The Morgan fingerprint density at radius 2 is 0.813 bits per heavy atom. The summed E-state index contributed by atoms with van der Waals surface area (Å²) in [6, 6.07) is 55.5. The SMILES string of the molecule is C=CCOc1ccc(CN(C/C=C/c2ccccc2)CCOC)cc1.C=CCOc1ccccc1CN(C/C=C/c1ccccc1)CCOC.COCCN(C/C=C/c1ccccc1)C/C=C/c1ccccc1OC. The minimum absolute atomic E-state index is 0.517. The Labute approximate surface area is 449 Å². The molecule has 9 nitrogen and oxygen atoms in total. The summed E-state index contributed by atoms with van der Waals surface area (Å²) in [5.74, 6) is 2.68. The Hall–Kier alpha value is -7.08. The molecule has 0 unspecified atom stereocenters. The van der Waals surface area contributed by atoms with Crippen LogP contribution in [0.2, 0.25) is 0 Å². The number of rotatable bonds is 32. The number of methoxy groups -OCH3 is 4. The van der Waals surface area contributed by atoms with E-state index in [0.717, 1.165) is 94.9 Å². The molecule has 0 bridgehead atoms. The van der Waals surface area contributed by atoms with Crippen LogP contribution in [0.4, 0.5) is 0 Å². The van der Waals surface area contributed by atoms with Gasteiger partial charge in [-0.1, -0.05) is 213 Å². The zero-order chi connectivity index (χ0) is 53.2. The lowest BCUT2D eigenvalue weighted by Gasteiger charge is -2.22. The molecule has 0 amide bonds. The molecule has 0 fully saturated rings. The molecular formula is C66H81N3O6. The zero-order valence-electron chi connectivity index (χ0n) is 45.0. The molecule has 396 valence electrons. The lowest BCUT2D eigenvalue weighted by Crippen LogP contribution is -2.27. The summed E-state index contributed by atoms with van der Waals surface area (Å²) < 4.78 is 32.4. The van der Waals surface area contributed by atoms with E-state index < -0.39 is 0 Å². The smallest absolute Gasteiger partial charge is 0.126 e. The molecular weight excluding hydrogens is 931 g/mol. The van der Waals surface area contributed by atoms with Gasteiger partial charge in [-0.05, 0) is 46.5 Å². The quantitative estimate of drug-likeness (QED) is 0.0385. The maximum Gasteiger partial charge on any atom is 0.126 e. The van der Waals surface area contributed by atoms with Gasteiger partial charge in [-0.25, -0.2) is 0 Å². The highest BCUT2D eigenvalue weighted by molar-refractivity contribution is 5.57. The first kappa shape index (κ1) is 60.5. The van der Waals surface area contributed by atoms with Crippen LogP contribution in [0.25, 0.3) is 24.3 Å². The van der Waals surface area contributed by atoms with Gasteiger partial charge in [0.2, 0.25) is 0 Å². The van der Waals surface area contributed by atoms with Gasteiger partial charge in [0, 0.05) is 91.4 Å². The molecule has 0 aliphatic heterocycles. The average Bonchev–Trinajstić information content (AvgIpc) is 3.45. The first-order valence-corrected chi connectivity index (χ1v) is 25.7. The largest absolute Gasteiger partial charge is 0.496 e. The van der Waals surface area contributed by atoms with E-state index in [1.165, 1.54) is 27.8 Å². The second kappa shape index (κ2) is 39.4. The fraction of sp³-hybridized carbons (Fsp3) is 0.273. The molecule has 0 aliphatic carbocycles. The molecule has 0 heterocycles. The molecule has 6 rings (SSSR count). The average molecular weight is 1010 g/mol. The Kier molecular flexibility index (Phi) is 31.8. The van der Waals surface area contributed by atoms with Crippen LogP contribution in [0, 0.1) is 0 Å². The fourth-order valence-corrected chi connectivity index (χ4v) is 7.50. The molecule has 0 saturated heterocycles. The van der Waals surface area contributed by atoms with Gasteiger partial charge < -0.3 is 28.4 Å². The molecule has 0 saturated carbocycles. The van der Waals surface area contributed by atoms with Crippen molar-refractivity contribution >= 4 is 24.3 Å². The maximum absolute atomic E-state index is 5.77. The molecule has 0 radical (unpaired) electrons. The zero-order valence-corrected chi connectivity index (χ0v) is 45.0. The van der Waals surface area contributed by atoms with E-state index in [9.17, 15) is 0 Å². The number of nitrogens with zero attached hydrogens (tertiary/aromatic N) is 3. The van der Waals surface area contributed by atoms with Gasteiger partial charge in [-0.2, -0.15) is 0 Å². The van der Waals surface area contributed by atoms with Gasteiger partial charge in [0.05, 0.1) is 26.9 Å². The molecule has 0 atom stereocenters. The van der Waals surface area contributed by atoms with Crippen molar-refractivity contribution in [3.63, 3.8) is 0 Å². The van der Waals surface area contributed by atoms with Crippen molar-refractivity contribution < 1.29 is 28.4 Å². The fourth-order valence-electron chi connectivity index (χ4n) is 7.50. The Bertz CT molecular complexity index is 2510. The molecule has 0 aromatic heterocycles. The first-order chi connectivity index (χ1) is 37.0. The third-order valence-corrected chi connectivity index (χ3v) is 11.5. The minimum atomic E-state index is 0.517. The van der Waals surface area contributed by atoms with E-state index >= 15 is 0 Å². The highest BCUT2D eigenvalue weighted by Crippen LogP contribution is 2.21. The van der Waals surface area contributed by atoms with Gasteiger partial charge in [0.1, 0.15) is 30.5 Å². The van der Waals surface area contributed by atoms with Crippen LogP contribution in [0.3, 0.4) is 0 Å². The van der Waals surface area contributed by atoms with Crippen LogP contribution in [0.5, 0.6) is 17.2 Å². The van der Waals surface area contributed by atoms with Crippen molar-refractivity contribution in [3.8, 4) is 17.2 Å². The lowest BCUT2D eigenvalue weighted by molar-refractivity contribution is 0.150. The summed E-state index contributed by atoms with van der Waals surface area (Å²) in [4.78, 5) is 7.05. The summed E-state index contributed by atoms with van der Waals surface area (Å²) in [7, 11) is 6.91. The number of hydrogen-bond donors (Lipinski definition) is 0. The highest BCUT2D eigenvalue weighted by atomic mass is 16.5. The molecule has 0 spiro atoms. The second-order valence-corrected chi connectivity index (χ2v) is 17.2. The first-order valence-electron chi connectivity index (χ1n) is 25.7. The van der Waals surface area contributed by atoms with Crippen LogP contribution in [0.1, 0.15) is 33.4 Å². The van der Waals surface area contributed by atoms with Crippen molar-refractivity contribution in [2.45, 2.75) is 13.1 Å². The monoisotopic (exact) mass is 1010 g/mol. The third kappa shape index (κ3) is 26.6. The molecule has 0 N–H and O–H groups in total. The lowest BCUT2D eigenvalue weighted by atomic mass is 10.1.